The number of amides is 1. The second-order valence-corrected chi connectivity index (χ2v) is 7.74. The van der Waals surface area contributed by atoms with Crippen LogP contribution >= 0.6 is 0 Å². The molecule has 9 heteroatoms. The zero-order valence-corrected chi connectivity index (χ0v) is 19.6. The van der Waals surface area contributed by atoms with Crippen LogP contribution in [0.25, 0.3) is 0 Å². The van der Waals surface area contributed by atoms with E-state index in [1.54, 1.807) is 18.2 Å². The molecule has 0 unspecified atom stereocenters. The monoisotopic (exact) mass is 463 g/mol. The largest absolute Gasteiger partial charge is 0.492 e. The van der Waals surface area contributed by atoms with Crippen LogP contribution in [0.2, 0.25) is 0 Å². The summed E-state index contributed by atoms with van der Waals surface area (Å²) in [5, 5.41) is 10.6. The van der Waals surface area contributed by atoms with Crippen LogP contribution in [0.4, 0.5) is 5.69 Å². The molecule has 4 rings (SSSR count). The van der Waals surface area contributed by atoms with E-state index in [0.717, 1.165) is 24.2 Å². The summed E-state index contributed by atoms with van der Waals surface area (Å²) in [6.45, 7) is 7.86. The van der Waals surface area contributed by atoms with Crippen molar-refractivity contribution in [3.63, 3.8) is 0 Å². The highest BCUT2D eigenvalue weighted by Crippen LogP contribution is 2.32. The minimum Gasteiger partial charge on any atom is -0.492 e. The number of aryl methyl sites for hydroxylation is 2. The van der Waals surface area contributed by atoms with Crippen molar-refractivity contribution in [3.8, 4) is 17.2 Å². The van der Waals surface area contributed by atoms with Crippen LogP contribution in [0.3, 0.4) is 0 Å². The number of rotatable bonds is 8. The lowest BCUT2D eigenvalue weighted by atomic mass is 10.2. The molecule has 0 saturated carbocycles. The summed E-state index contributed by atoms with van der Waals surface area (Å²) in [5.74, 6) is 1.81. The van der Waals surface area contributed by atoms with Gasteiger partial charge in [0.15, 0.2) is 11.5 Å². The van der Waals surface area contributed by atoms with Crippen LogP contribution in [0.1, 0.15) is 41.9 Å². The van der Waals surface area contributed by atoms with Crippen LogP contribution in [-0.2, 0) is 13.1 Å². The smallest absolute Gasteiger partial charge is 0.258 e. The van der Waals surface area contributed by atoms with E-state index in [1.807, 2.05) is 49.0 Å². The maximum Gasteiger partial charge on any atom is 0.258 e. The number of aliphatic imine (C=N–C) groups is 1. The van der Waals surface area contributed by atoms with Gasteiger partial charge in [0, 0.05) is 23.9 Å². The number of carbonyl (C=O) groups excluding carboxylic acids is 1. The summed E-state index contributed by atoms with van der Waals surface area (Å²) in [7, 11) is 0. The zero-order valence-electron chi connectivity index (χ0n) is 19.6. The minimum absolute atomic E-state index is 0.147. The van der Waals surface area contributed by atoms with Crippen LogP contribution in [-0.4, -0.2) is 35.0 Å². The quantitative estimate of drug-likeness (QED) is 0.385. The fourth-order valence-electron chi connectivity index (χ4n) is 3.53. The molecule has 2 N–H and O–H groups in total. The molecule has 1 aromatic heterocycles. The van der Waals surface area contributed by atoms with Gasteiger partial charge in [-0.1, -0.05) is 19.1 Å². The summed E-state index contributed by atoms with van der Waals surface area (Å²) in [5.41, 5.74) is 3.04. The molecule has 0 radical (unpaired) electrons. The predicted molar refractivity (Wildman–Crippen MR) is 130 cm³/mol. The SMILES string of the molecule is CCCn1cc(CN=C(NC(=O)c2ccc3c(c2)OCO3)Nc2ccccc2OCC)c(C)n1. The van der Waals surface area contributed by atoms with E-state index in [0.29, 0.717) is 47.6 Å². The van der Waals surface area contributed by atoms with Gasteiger partial charge in [-0.2, -0.15) is 5.10 Å². The number of nitrogens with zero attached hydrogens (tertiary/aromatic N) is 3. The number of nitrogens with one attached hydrogen (secondary N) is 2. The van der Waals surface area contributed by atoms with Gasteiger partial charge < -0.3 is 19.5 Å². The van der Waals surface area contributed by atoms with Gasteiger partial charge in [-0.3, -0.25) is 14.8 Å². The maximum absolute atomic E-state index is 13.0. The van der Waals surface area contributed by atoms with Crippen molar-refractivity contribution in [2.45, 2.75) is 40.3 Å². The number of hydrogen-bond acceptors (Lipinski definition) is 6. The molecule has 0 bridgehead atoms. The van der Waals surface area contributed by atoms with E-state index in [9.17, 15) is 4.79 Å². The van der Waals surface area contributed by atoms with E-state index in [4.69, 9.17) is 14.2 Å². The van der Waals surface area contributed by atoms with E-state index < -0.39 is 0 Å². The predicted octanol–water partition coefficient (Wildman–Crippen LogP) is 4.13. The van der Waals surface area contributed by atoms with Gasteiger partial charge >= 0.3 is 0 Å². The topological polar surface area (TPSA) is 99.0 Å². The molecule has 1 amide bonds. The van der Waals surface area contributed by atoms with Gasteiger partial charge in [-0.15, -0.1) is 0 Å². The Morgan fingerprint density at radius 3 is 2.82 bits per heavy atom. The normalized spacial score (nSPS) is 12.5. The number of ether oxygens (including phenoxy) is 3. The first-order chi connectivity index (χ1) is 16.6. The Hall–Kier alpha value is -4.01. The van der Waals surface area contributed by atoms with Gasteiger partial charge in [-0.05, 0) is 50.6 Å². The lowest BCUT2D eigenvalue weighted by molar-refractivity contribution is 0.0976. The zero-order chi connectivity index (χ0) is 23.9. The average molecular weight is 464 g/mol. The third-order valence-electron chi connectivity index (χ3n) is 5.21. The fraction of sp³-hybridized carbons (Fsp3) is 0.320. The molecule has 178 valence electrons. The number of benzene rings is 2. The van der Waals surface area contributed by atoms with Crippen LogP contribution in [0.15, 0.2) is 53.7 Å². The van der Waals surface area contributed by atoms with Crippen molar-refractivity contribution >= 4 is 17.6 Å². The van der Waals surface area contributed by atoms with Crippen molar-refractivity contribution in [1.29, 1.82) is 0 Å². The summed E-state index contributed by atoms with van der Waals surface area (Å²) in [4.78, 5) is 17.7. The summed E-state index contributed by atoms with van der Waals surface area (Å²) in [6, 6.07) is 12.6. The highest BCUT2D eigenvalue weighted by molar-refractivity contribution is 6.10. The van der Waals surface area contributed by atoms with Crippen molar-refractivity contribution in [2.75, 3.05) is 18.7 Å². The average Bonchev–Trinajstić information content (AvgIpc) is 3.44. The molecule has 9 nitrogen and oxygen atoms in total. The van der Waals surface area contributed by atoms with Gasteiger partial charge in [0.1, 0.15) is 5.75 Å². The summed E-state index contributed by atoms with van der Waals surface area (Å²) >= 11 is 0. The van der Waals surface area contributed by atoms with E-state index >= 15 is 0 Å². The molecule has 3 aromatic rings. The van der Waals surface area contributed by atoms with E-state index in [-0.39, 0.29) is 12.7 Å². The van der Waals surface area contributed by atoms with E-state index in [2.05, 4.69) is 27.6 Å². The lowest BCUT2D eigenvalue weighted by Gasteiger charge is -2.15. The molecule has 0 fully saturated rings. The van der Waals surface area contributed by atoms with Crippen molar-refractivity contribution in [1.82, 2.24) is 15.1 Å². The first-order valence-electron chi connectivity index (χ1n) is 11.3. The standard InChI is InChI=1S/C25H29N5O4/c1-4-12-30-15-19(17(3)29-30)14-26-25(27-20-8-6-7-9-21(20)32-5-2)28-24(31)18-10-11-22-23(13-18)34-16-33-22/h6-11,13,15H,4-5,12,14,16H2,1-3H3,(H2,26,27,28,31). The molecule has 2 aromatic carbocycles. The Labute approximate surface area is 198 Å². The van der Waals surface area contributed by atoms with Crippen molar-refractivity contribution < 1.29 is 19.0 Å². The fourth-order valence-corrected chi connectivity index (χ4v) is 3.53. The Kier molecular flexibility index (Phi) is 7.31. The Morgan fingerprint density at radius 1 is 1.18 bits per heavy atom. The van der Waals surface area contributed by atoms with Gasteiger partial charge in [-0.25, -0.2) is 4.99 Å². The number of aromatic nitrogens is 2. The number of guanidine groups is 1. The van der Waals surface area contributed by atoms with Crippen LogP contribution in [0.5, 0.6) is 17.2 Å². The molecule has 1 aliphatic heterocycles. The minimum atomic E-state index is -0.322. The first kappa shape index (κ1) is 23.2. The lowest BCUT2D eigenvalue weighted by Crippen LogP contribution is -2.36. The van der Waals surface area contributed by atoms with Gasteiger partial charge in [0.2, 0.25) is 12.8 Å². The molecular formula is C25H29N5O4. The Bertz CT molecular complexity index is 1190. The second-order valence-electron chi connectivity index (χ2n) is 7.74. The number of anilines is 1. The van der Waals surface area contributed by atoms with Crippen molar-refractivity contribution in [2.24, 2.45) is 4.99 Å². The Morgan fingerprint density at radius 2 is 2.00 bits per heavy atom. The van der Waals surface area contributed by atoms with Crippen LogP contribution < -0.4 is 24.8 Å². The number of hydrogen-bond donors (Lipinski definition) is 2. The molecule has 2 heterocycles. The summed E-state index contributed by atoms with van der Waals surface area (Å²) in [6.07, 6.45) is 2.99. The highest BCUT2D eigenvalue weighted by atomic mass is 16.7. The van der Waals surface area contributed by atoms with Gasteiger partial charge in [0.05, 0.1) is 24.5 Å². The molecule has 0 saturated heterocycles. The molecule has 0 atom stereocenters. The molecule has 34 heavy (non-hydrogen) atoms. The second kappa shape index (κ2) is 10.7. The van der Waals surface area contributed by atoms with Crippen LogP contribution in [0, 0.1) is 6.92 Å². The number of para-hydroxylation sites is 2. The summed E-state index contributed by atoms with van der Waals surface area (Å²) < 4.78 is 18.4. The Balaban J connectivity index is 1.58. The van der Waals surface area contributed by atoms with E-state index in [1.165, 1.54) is 0 Å². The third kappa shape index (κ3) is 5.48. The number of fused-ring (bicyclic) bond motifs is 1. The highest BCUT2D eigenvalue weighted by Gasteiger charge is 2.18. The third-order valence-corrected chi connectivity index (χ3v) is 5.21. The van der Waals surface area contributed by atoms with Crippen molar-refractivity contribution in [3.05, 3.63) is 65.5 Å². The van der Waals surface area contributed by atoms with Gasteiger partial charge in [0.25, 0.3) is 5.91 Å². The molecule has 0 aliphatic carbocycles. The molecule has 1 aliphatic rings. The molecular weight excluding hydrogens is 434 g/mol. The first-order valence-corrected chi connectivity index (χ1v) is 11.3. The number of carbonyl (C=O) groups is 1. The molecule has 0 spiro atoms. The maximum atomic E-state index is 13.0.